The van der Waals surface area contributed by atoms with Gasteiger partial charge in [0.25, 0.3) is 0 Å². The molecule has 21 heavy (non-hydrogen) atoms. The summed E-state index contributed by atoms with van der Waals surface area (Å²) in [6, 6.07) is 17.4. The molecule has 0 aromatic heterocycles. The predicted molar refractivity (Wildman–Crippen MR) is 91.7 cm³/mol. The Bertz CT molecular complexity index is 549. The molecule has 0 bridgehead atoms. The molecule has 0 aliphatic carbocycles. The third-order valence-electron chi connectivity index (χ3n) is 3.69. The average molecular weight is 282 g/mol. The summed E-state index contributed by atoms with van der Waals surface area (Å²) in [5, 5.41) is 3.45. The Morgan fingerprint density at radius 3 is 2.43 bits per heavy atom. The summed E-state index contributed by atoms with van der Waals surface area (Å²) in [7, 11) is 2.16. The molecule has 112 valence electrons. The minimum Gasteiger partial charge on any atom is -0.370 e. The van der Waals surface area contributed by atoms with Gasteiger partial charge in [0.2, 0.25) is 0 Å². The van der Waals surface area contributed by atoms with Gasteiger partial charge in [0, 0.05) is 25.8 Å². The summed E-state index contributed by atoms with van der Waals surface area (Å²) < 4.78 is 0. The molecular formula is C19H26N2. The number of hydrogen-bond acceptors (Lipinski definition) is 2. The maximum Gasteiger partial charge on any atom is 0.0426 e. The molecule has 0 heterocycles. The quantitative estimate of drug-likeness (QED) is 0.768. The predicted octanol–water partition coefficient (Wildman–Crippen LogP) is 4.13. The van der Waals surface area contributed by atoms with Crippen molar-refractivity contribution in [2.75, 3.05) is 18.5 Å². The maximum absolute atomic E-state index is 3.45. The van der Waals surface area contributed by atoms with E-state index >= 15 is 0 Å². The Labute approximate surface area is 128 Å². The molecule has 0 aliphatic heterocycles. The topological polar surface area (TPSA) is 15.3 Å². The van der Waals surface area contributed by atoms with Crippen molar-refractivity contribution in [1.29, 1.82) is 0 Å². The minimum absolute atomic E-state index is 0.940. The maximum atomic E-state index is 3.45. The van der Waals surface area contributed by atoms with E-state index in [1.165, 1.54) is 28.8 Å². The first-order valence-electron chi connectivity index (χ1n) is 7.76. The molecule has 0 unspecified atom stereocenters. The Balaban J connectivity index is 2.02. The summed E-state index contributed by atoms with van der Waals surface area (Å²) in [6.07, 6.45) is 1.18. The summed E-state index contributed by atoms with van der Waals surface area (Å²) in [5.41, 5.74) is 5.34. The molecule has 0 aliphatic rings. The molecule has 1 N–H and O–H groups in total. The van der Waals surface area contributed by atoms with Gasteiger partial charge in [-0.2, -0.15) is 0 Å². The summed E-state index contributed by atoms with van der Waals surface area (Å²) in [5.74, 6) is 0. The second kappa shape index (κ2) is 7.84. The van der Waals surface area contributed by atoms with Crippen LogP contribution in [0.5, 0.6) is 0 Å². The lowest BCUT2D eigenvalue weighted by Gasteiger charge is -2.22. The zero-order valence-corrected chi connectivity index (χ0v) is 13.4. The Hall–Kier alpha value is -1.80. The summed E-state index contributed by atoms with van der Waals surface area (Å²) >= 11 is 0. The van der Waals surface area contributed by atoms with E-state index in [1.807, 2.05) is 0 Å². The largest absolute Gasteiger partial charge is 0.370 e. The SMILES string of the molecule is CCCNCc1ccc(N(C)Cc2ccccc2)c(C)c1. The third kappa shape index (κ3) is 4.61. The monoisotopic (exact) mass is 282 g/mol. The number of rotatable bonds is 7. The van der Waals surface area contributed by atoms with E-state index in [0.717, 1.165) is 19.6 Å². The van der Waals surface area contributed by atoms with Crippen molar-refractivity contribution >= 4 is 5.69 Å². The van der Waals surface area contributed by atoms with Crippen LogP contribution in [0, 0.1) is 6.92 Å². The van der Waals surface area contributed by atoms with Gasteiger partial charge in [-0.3, -0.25) is 0 Å². The highest BCUT2D eigenvalue weighted by Crippen LogP contribution is 2.22. The van der Waals surface area contributed by atoms with Crippen molar-refractivity contribution in [2.24, 2.45) is 0 Å². The highest BCUT2D eigenvalue weighted by atomic mass is 15.1. The minimum atomic E-state index is 0.940. The fraction of sp³-hybridized carbons (Fsp3) is 0.368. The van der Waals surface area contributed by atoms with Crippen LogP contribution < -0.4 is 10.2 Å². The van der Waals surface area contributed by atoms with Gasteiger partial charge in [-0.1, -0.05) is 49.4 Å². The molecule has 0 atom stereocenters. The van der Waals surface area contributed by atoms with Crippen molar-refractivity contribution < 1.29 is 0 Å². The van der Waals surface area contributed by atoms with Crippen LogP contribution in [0.25, 0.3) is 0 Å². The van der Waals surface area contributed by atoms with E-state index in [9.17, 15) is 0 Å². The van der Waals surface area contributed by atoms with E-state index < -0.39 is 0 Å². The van der Waals surface area contributed by atoms with Crippen LogP contribution in [-0.2, 0) is 13.1 Å². The fourth-order valence-electron chi connectivity index (χ4n) is 2.61. The highest BCUT2D eigenvalue weighted by Gasteiger charge is 2.06. The number of hydrogen-bond donors (Lipinski definition) is 1. The molecular weight excluding hydrogens is 256 g/mol. The molecule has 0 saturated heterocycles. The zero-order chi connectivity index (χ0) is 15.1. The molecule has 2 aromatic carbocycles. The molecule has 0 radical (unpaired) electrons. The zero-order valence-electron chi connectivity index (χ0n) is 13.4. The van der Waals surface area contributed by atoms with Gasteiger partial charge in [0.15, 0.2) is 0 Å². The van der Waals surface area contributed by atoms with Gasteiger partial charge in [0.05, 0.1) is 0 Å². The van der Waals surface area contributed by atoms with E-state index in [0.29, 0.717) is 0 Å². The first-order chi connectivity index (χ1) is 10.2. The standard InChI is InChI=1S/C19H26N2/c1-4-12-20-14-18-10-11-19(16(2)13-18)21(3)15-17-8-6-5-7-9-17/h5-11,13,20H,4,12,14-15H2,1-3H3. The van der Waals surface area contributed by atoms with Crippen molar-refractivity contribution in [3.8, 4) is 0 Å². The van der Waals surface area contributed by atoms with Gasteiger partial charge >= 0.3 is 0 Å². The smallest absolute Gasteiger partial charge is 0.0426 e. The number of nitrogens with one attached hydrogen (secondary N) is 1. The lowest BCUT2D eigenvalue weighted by molar-refractivity contribution is 0.675. The van der Waals surface area contributed by atoms with E-state index in [1.54, 1.807) is 0 Å². The number of benzene rings is 2. The summed E-state index contributed by atoms with van der Waals surface area (Å²) in [4.78, 5) is 2.31. The second-order valence-electron chi connectivity index (χ2n) is 5.64. The van der Waals surface area contributed by atoms with Gasteiger partial charge in [-0.15, -0.1) is 0 Å². The van der Waals surface area contributed by atoms with Crippen molar-refractivity contribution in [3.63, 3.8) is 0 Å². The summed E-state index contributed by atoms with van der Waals surface area (Å²) in [6.45, 7) is 7.36. The van der Waals surface area contributed by atoms with E-state index in [2.05, 4.69) is 79.6 Å². The molecule has 0 amide bonds. The van der Waals surface area contributed by atoms with Gasteiger partial charge in [-0.05, 0) is 42.6 Å². The first kappa shape index (κ1) is 15.6. The molecule has 0 spiro atoms. The highest BCUT2D eigenvalue weighted by molar-refractivity contribution is 5.54. The van der Waals surface area contributed by atoms with Crippen LogP contribution in [0.3, 0.4) is 0 Å². The molecule has 2 nitrogen and oxygen atoms in total. The van der Waals surface area contributed by atoms with E-state index in [-0.39, 0.29) is 0 Å². The average Bonchev–Trinajstić information content (AvgIpc) is 2.48. The van der Waals surface area contributed by atoms with Crippen LogP contribution in [0.2, 0.25) is 0 Å². The van der Waals surface area contributed by atoms with Crippen LogP contribution >= 0.6 is 0 Å². The van der Waals surface area contributed by atoms with Crippen molar-refractivity contribution in [2.45, 2.75) is 33.4 Å². The first-order valence-corrected chi connectivity index (χ1v) is 7.76. The van der Waals surface area contributed by atoms with Gasteiger partial charge in [0.1, 0.15) is 0 Å². The lowest BCUT2D eigenvalue weighted by Crippen LogP contribution is -2.18. The Kier molecular flexibility index (Phi) is 5.82. The van der Waals surface area contributed by atoms with Gasteiger partial charge < -0.3 is 10.2 Å². The third-order valence-corrected chi connectivity index (χ3v) is 3.69. The molecule has 2 aromatic rings. The van der Waals surface area contributed by atoms with E-state index in [4.69, 9.17) is 0 Å². The molecule has 0 fully saturated rings. The Morgan fingerprint density at radius 1 is 1.00 bits per heavy atom. The van der Waals surface area contributed by atoms with Gasteiger partial charge in [-0.25, -0.2) is 0 Å². The number of nitrogens with zero attached hydrogens (tertiary/aromatic N) is 1. The second-order valence-corrected chi connectivity index (χ2v) is 5.64. The number of aryl methyl sites for hydroxylation is 1. The molecule has 2 rings (SSSR count). The fourth-order valence-corrected chi connectivity index (χ4v) is 2.61. The lowest BCUT2D eigenvalue weighted by atomic mass is 10.1. The number of anilines is 1. The Morgan fingerprint density at radius 2 is 1.76 bits per heavy atom. The van der Waals surface area contributed by atoms with Crippen LogP contribution in [-0.4, -0.2) is 13.6 Å². The van der Waals surface area contributed by atoms with Crippen LogP contribution in [0.15, 0.2) is 48.5 Å². The molecule has 2 heteroatoms. The van der Waals surface area contributed by atoms with Crippen molar-refractivity contribution in [1.82, 2.24) is 5.32 Å². The normalized spacial score (nSPS) is 10.6. The molecule has 0 saturated carbocycles. The van der Waals surface area contributed by atoms with Crippen molar-refractivity contribution in [3.05, 3.63) is 65.2 Å². The van der Waals surface area contributed by atoms with Crippen LogP contribution in [0.4, 0.5) is 5.69 Å². The van der Waals surface area contributed by atoms with Crippen LogP contribution in [0.1, 0.15) is 30.0 Å².